The third-order valence-electron chi connectivity index (χ3n) is 3.91. The molecule has 8 nitrogen and oxygen atoms in total. The second kappa shape index (κ2) is 13.5. The normalized spacial score (nSPS) is 29.8. The van der Waals surface area contributed by atoms with Gasteiger partial charge < -0.3 is 40.1 Å². The lowest BCUT2D eigenvalue weighted by molar-refractivity contribution is -0.311. The summed E-state index contributed by atoms with van der Waals surface area (Å²) in [5.41, 5.74) is 0. The molecule has 1 heterocycles. The Morgan fingerprint density at radius 1 is 1.11 bits per heavy atom. The van der Waals surface area contributed by atoms with Gasteiger partial charge in [0.25, 0.3) is 0 Å². The van der Waals surface area contributed by atoms with Crippen molar-refractivity contribution < 1.29 is 40.1 Å². The Labute approximate surface area is 164 Å². The van der Waals surface area contributed by atoms with Crippen molar-refractivity contribution in [3.8, 4) is 23.7 Å². The molecule has 1 saturated heterocycles. The largest absolute Gasteiger partial charge is 0.396 e. The predicted octanol–water partition coefficient (Wildman–Crippen LogP) is -1.56. The van der Waals surface area contributed by atoms with E-state index in [2.05, 4.69) is 23.7 Å². The zero-order valence-corrected chi connectivity index (χ0v) is 15.7. The fourth-order valence-corrected chi connectivity index (χ4v) is 2.35. The van der Waals surface area contributed by atoms with Gasteiger partial charge in [-0.3, -0.25) is 0 Å². The number of rotatable bonds is 8. The lowest BCUT2D eigenvalue weighted by Crippen LogP contribution is -2.60. The smallest absolute Gasteiger partial charge is 0.187 e. The highest BCUT2D eigenvalue weighted by Crippen LogP contribution is 2.23. The van der Waals surface area contributed by atoms with E-state index in [0.717, 1.165) is 0 Å². The zero-order valence-electron chi connectivity index (χ0n) is 15.7. The number of hydrogen-bond acceptors (Lipinski definition) is 8. The summed E-state index contributed by atoms with van der Waals surface area (Å²) in [6, 6.07) is 0. The molecule has 2 unspecified atom stereocenters. The molecule has 0 radical (unpaired) electrons. The first-order valence-corrected chi connectivity index (χ1v) is 9.00. The van der Waals surface area contributed by atoms with Crippen LogP contribution in [0.3, 0.4) is 0 Å². The summed E-state index contributed by atoms with van der Waals surface area (Å²) in [5.74, 6) is 10.2. The van der Waals surface area contributed by atoms with E-state index in [9.17, 15) is 25.5 Å². The van der Waals surface area contributed by atoms with Crippen molar-refractivity contribution in [2.45, 2.75) is 62.7 Å². The highest BCUT2D eigenvalue weighted by Gasteiger charge is 2.45. The summed E-state index contributed by atoms with van der Waals surface area (Å²) < 4.78 is 10.9. The van der Waals surface area contributed by atoms with Crippen molar-refractivity contribution in [2.24, 2.45) is 0 Å². The van der Waals surface area contributed by atoms with Crippen LogP contribution in [0.1, 0.15) is 19.8 Å². The molecule has 0 amide bonds. The van der Waals surface area contributed by atoms with Gasteiger partial charge in [0.2, 0.25) is 0 Å². The number of unbranched alkanes of at least 4 members (excludes halogenated alkanes) is 1. The van der Waals surface area contributed by atoms with Gasteiger partial charge in [0.15, 0.2) is 6.29 Å². The number of allylic oxidation sites excluding steroid dienone is 3. The van der Waals surface area contributed by atoms with Crippen LogP contribution in [0.5, 0.6) is 0 Å². The maximum atomic E-state index is 10.3. The zero-order chi connectivity index (χ0) is 20.9. The average Bonchev–Trinajstić information content (AvgIpc) is 2.69. The van der Waals surface area contributed by atoms with Crippen LogP contribution in [-0.4, -0.2) is 86.8 Å². The first-order chi connectivity index (χ1) is 13.5. The minimum Gasteiger partial charge on any atom is -0.396 e. The van der Waals surface area contributed by atoms with Crippen molar-refractivity contribution in [1.29, 1.82) is 0 Å². The van der Waals surface area contributed by atoms with Gasteiger partial charge >= 0.3 is 0 Å². The van der Waals surface area contributed by atoms with Gasteiger partial charge in [0, 0.05) is 6.61 Å². The van der Waals surface area contributed by atoms with Gasteiger partial charge in [0.1, 0.15) is 36.6 Å². The first-order valence-electron chi connectivity index (χ1n) is 9.00. The van der Waals surface area contributed by atoms with E-state index < -0.39 is 49.5 Å². The highest BCUT2D eigenvalue weighted by atomic mass is 16.7. The molecule has 0 saturated carbocycles. The minimum absolute atomic E-state index is 0.00543. The van der Waals surface area contributed by atoms with Gasteiger partial charge in [-0.1, -0.05) is 30.1 Å². The summed E-state index contributed by atoms with van der Waals surface area (Å²) in [6.07, 6.45) is -2.07. The molecule has 0 aromatic rings. The van der Waals surface area contributed by atoms with E-state index in [1.165, 1.54) is 6.08 Å². The molecule has 0 spiro atoms. The number of hydrogen-bond donors (Lipinski definition) is 6. The van der Waals surface area contributed by atoms with E-state index in [1.807, 2.05) is 0 Å². The molecule has 0 bridgehead atoms. The maximum absolute atomic E-state index is 10.3. The Morgan fingerprint density at radius 2 is 1.86 bits per heavy atom. The summed E-state index contributed by atoms with van der Waals surface area (Å²) >= 11 is 0. The standard InChI is InChI=1S/C20H28O8/c1-2-3-4-5-7-10-14(23)15(11-8-6-9-12-21)27-20-19(26)18(25)17(24)16(13-22)28-20/h2-3,8,11,14-26H,6,9,12-13H2,1H3/b3-2?,11-8+/t14?,15?,16-,17-,18+,19-,20-/m1/s1. The highest BCUT2D eigenvalue weighted by molar-refractivity contribution is 5.32. The van der Waals surface area contributed by atoms with Gasteiger partial charge in [-0.05, 0) is 37.7 Å². The number of ether oxygens (including phenoxy) is 2. The van der Waals surface area contributed by atoms with Crippen LogP contribution in [0, 0.1) is 23.7 Å². The number of aliphatic hydroxyl groups is 6. The summed E-state index contributed by atoms with van der Waals surface area (Å²) in [7, 11) is 0. The molecule has 1 fully saturated rings. The van der Waals surface area contributed by atoms with Crippen molar-refractivity contribution in [3.05, 3.63) is 24.3 Å². The summed E-state index contributed by atoms with van der Waals surface area (Å²) in [6.45, 7) is 1.22. The molecule has 0 aromatic carbocycles. The van der Waals surface area contributed by atoms with Crippen LogP contribution in [0.4, 0.5) is 0 Å². The second-order valence-corrected chi connectivity index (χ2v) is 6.08. The molecular weight excluding hydrogens is 368 g/mol. The van der Waals surface area contributed by atoms with Crippen LogP contribution >= 0.6 is 0 Å². The third kappa shape index (κ3) is 7.72. The fourth-order valence-electron chi connectivity index (χ4n) is 2.35. The van der Waals surface area contributed by atoms with E-state index in [0.29, 0.717) is 12.8 Å². The molecule has 156 valence electrons. The molecule has 0 aromatic heterocycles. The van der Waals surface area contributed by atoms with Crippen LogP contribution in [-0.2, 0) is 9.47 Å². The van der Waals surface area contributed by atoms with Crippen LogP contribution < -0.4 is 0 Å². The SMILES string of the molecule is CC=CC#CC#CC(O)C(/C=C/CCCO)O[C@@H]1O[C@H](CO)[C@@H](O)[C@H](O)[C@H]1O. The van der Waals surface area contributed by atoms with Gasteiger partial charge in [-0.25, -0.2) is 0 Å². The Hall–Kier alpha value is -1.72. The van der Waals surface area contributed by atoms with Crippen LogP contribution in [0.15, 0.2) is 24.3 Å². The van der Waals surface area contributed by atoms with Gasteiger partial charge in [-0.15, -0.1) is 0 Å². The summed E-state index contributed by atoms with van der Waals surface area (Å²) in [5, 5.41) is 58.2. The molecule has 8 heteroatoms. The molecular formula is C20H28O8. The van der Waals surface area contributed by atoms with E-state index in [1.54, 1.807) is 25.2 Å². The van der Waals surface area contributed by atoms with Crippen molar-refractivity contribution >= 4 is 0 Å². The predicted molar refractivity (Wildman–Crippen MR) is 100 cm³/mol. The Kier molecular flexibility index (Phi) is 11.7. The monoisotopic (exact) mass is 396 g/mol. The van der Waals surface area contributed by atoms with Crippen molar-refractivity contribution in [3.63, 3.8) is 0 Å². The van der Waals surface area contributed by atoms with E-state index in [4.69, 9.17) is 14.6 Å². The molecule has 1 rings (SSSR count). The quantitative estimate of drug-likeness (QED) is 0.165. The molecule has 7 atom stereocenters. The van der Waals surface area contributed by atoms with E-state index >= 15 is 0 Å². The third-order valence-corrected chi connectivity index (χ3v) is 3.91. The fraction of sp³-hybridized carbons (Fsp3) is 0.600. The Bertz CT molecular complexity index is 622. The Balaban J connectivity index is 2.92. The van der Waals surface area contributed by atoms with E-state index in [-0.39, 0.29) is 6.61 Å². The van der Waals surface area contributed by atoms with Gasteiger partial charge in [0.05, 0.1) is 6.61 Å². The second-order valence-electron chi connectivity index (χ2n) is 6.08. The first kappa shape index (κ1) is 24.3. The summed E-state index contributed by atoms with van der Waals surface area (Å²) in [4.78, 5) is 0. The molecule has 28 heavy (non-hydrogen) atoms. The topological polar surface area (TPSA) is 140 Å². The number of aliphatic hydroxyl groups excluding tert-OH is 6. The maximum Gasteiger partial charge on any atom is 0.187 e. The van der Waals surface area contributed by atoms with Crippen LogP contribution in [0.2, 0.25) is 0 Å². The lowest BCUT2D eigenvalue weighted by atomic mass is 9.99. The molecule has 1 aliphatic heterocycles. The lowest BCUT2D eigenvalue weighted by Gasteiger charge is -2.40. The van der Waals surface area contributed by atoms with Gasteiger partial charge in [-0.2, -0.15) is 0 Å². The minimum atomic E-state index is -1.60. The molecule has 0 aliphatic carbocycles. The Morgan fingerprint density at radius 3 is 2.50 bits per heavy atom. The molecule has 1 aliphatic rings. The van der Waals surface area contributed by atoms with Crippen molar-refractivity contribution in [1.82, 2.24) is 0 Å². The molecule has 6 N–H and O–H groups in total. The average molecular weight is 396 g/mol. The van der Waals surface area contributed by atoms with Crippen LogP contribution in [0.25, 0.3) is 0 Å². The van der Waals surface area contributed by atoms with Crippen molar-refractivity contribution in [2.75, 3.05) is 13.2 Å².